The Morgan fingerprint density at radius 3 is 2.64 bits per heavy atom. The Hall–Kier alpha value is -3.32. The molecule has 0 spiro atoms. The molecule has 3 N–H and O–H groups in total. The van der Waals surface area contributed by atoms with Crippen LogP contribution < -0.4 is 16.2 Å². The summed E-state index contributed by atoms with van der Waals surface area (Å²) in [5.41, 5.74) is 3.48. The number of anilines is 2. The Bertz CT molecular complexity index is 1180. The molecule has 4 aromatic rings. The van der Waals surface area contributed by atoms with E-state index in [0.717, 1.165) is 16.8 Å². The number of halogens is 1. The Labute approximate surface area is 166 Å². The average Bonchev–Trinajstić information content (AvgIpc) is 3.10. The zero-order valence-corrected chi connectivity index (χ0v) is 16.0. The molecule has 0 bridgehead atoms. The van der Waals surface area contributed by atoms with E-state index in [9.17, 15) is 4.79 Å². The summed E-state index contributed by atoms with van der Waals surface area (Å²) in [4.78, 5) is 21.2. The first-order chi connectivity index (χ1) is 13.6. The second-order valence-corrected chi connectivity index (χ2v) is 6.81. The quantitative estimate of drug-likeness (QED) is 0.465. The molecule has 0 amide bonds. The van der Waals surface area contributed by atoms with Crippen LogP contribution in [0.15, 0.2) is 59.4 Å². The molecule has 0 saturated heterocycles. The minimum Gasteiger partial charge on any atom is -0.379 e. The van der Waals surface area contributed by atoms with Crippen LogP contribution in [0.25, 0.3) is 5.78 Å². The first-order valence-corrected chi connectivity index (χ1v) is 9.23. The topological polar surface area (TPSA) is 87.1 Å². The van der Waals surface area contributed by atoms with Gasteiger partial charge in [0.15, 0.2) is 0 Å². The van der Waals surface area contributed by atoms with Gasteiger partial charge in [0.1, 0.15) is 0 Å². The predicted octanol–water partition coefficient (Wildman–Crippen LogP) is 3.60. The lowest BCUT2D eigenvalue weighted by molar-refractivity contribution is 0.874. The summed E-state index contributed by atoms with van der Waals surface area (Å²) in [6.07, 6.45) is 0. The van der Waals surface area contributed by atoms with Crippen molar-refractivity contribution in [3.8, 4) is 0 Å². The first-order valence-electron chi connectivity index (χ1n) is 8.85. The zero-order chi connectivity index (χ0) is 19.5. The van der Waals surface area contributed by atoms with Crippen LogP contribution in [-0.4, -0.2) is 19.6 Å². The number of para-hydroxylation sites is 1. The number of aryl methyl sites for hydroxylation is 1. The molecule has 0 aliphatic rings. The summed E-state index contributed by atoms with van der Waals surface area (Å²) in [5, 5.41) is 10.0. The molecule has 4 rings (SSSR count). The van der Waals surface area contributed by atoms with Gasteiger partial charge in [-0.2, -0.15) is 9.50 Å². The van der Waals surface area contributed by atoms with Crippen LogP contribution >= 0.6 is 11.6 Å². The molecular formula is C20H19ClN6O. The summed E-state index contributed by atoms with van der Waals surface area (Å²) in [5.74, 6) is 0.768. The third-order valence-corrected chi connectivity index (χ3v) is 4.76. The Balaban J connectivity index is 1.51. The number of nitrogens with one attached hydrogen (secondary N) is 3. The standard InChI is InChI=1S/C20H19ClN6O/c1-13-6-2-5-9-17(13)22-12-15-10-18(28)27-20(24-15)25-19(26-27)23-11-14-7-3-4-8-16(14)21/h2-10,22H,11-12H2,1H3,(H2,23,24,25,26). The van der Waals surface area contributed by atoms with Gasteiger partial charge in [-0.1, -0.05) is 48.0 Å². The minimum atomic E-state index is -0.218. The second-order valence-electron chi connectivity index (χ2n) is 6.41. The molecule has 0 radical (unpaired) electrons. The summed E-state index contributed by atoms with van der Waals surface area (Å²) in [6.45, 7) is 2.94. The normalized spacial score (nSPS) is 10.9. The Kier molecular flexibility index (Phi) is 4.99. The highest BCUT2D eigenvalue weighted by Gasteiger charge is 2.09. The Morgan fingerprint density at radius 1 is 1.04 bits per heavy atom. The monoisotopic (exact) mass is 394 g/mol. The predicted molar refractivity (Wildman–Crippen MR) is 111 cm³/mol. The third-order valence-electron chi connectivity index (χ3n) is 4.39. The van der Waals surface area contributed by atoms with E-state index < -0.39 is 0 Å². The van der Waals surface area contributed by atoms with Gasteiger partial charge < -0.3 is 10.6 Å². The van der Waals surface area contributed by atoms with E-state index >= 15 is 0 Å². The molecule has 7 nitrogen and oxygen atoms in total. The lowest BCUT2D eigenvalue weighted by Gasteiger charge is -2.08. The molecule has 0 unspecified atom stereocenters. The van der Waals surface area contributed by atoms with E-state index in [-0.39, 0.29) is 5.56 Å². The van der Waals surface area contributed by atoms with Crippen molar-refractivity contribution in [3.05, 3.63) is 86.8 Å². The van der Waals surface area contributed by atoms with Crippen LogP contribution in [0.3, 0.4) is 0 Å². The van der Waals surface area contributed by atoms with Gasteiger partial charge in [-0.3, -0.25) is 9.89 Å². The average molecular weight is 395 g/mol. The lowest BCUT2D eigenvalue weighted by atomic mass is 10.2. The Morgan fingerprint density at radius 2 is 1.82 bits per heavy atom. The molecule has 0 aliphatic carbocycles. The van der Waals surface area contributed by atoms with Gasteiger partial charge in [-0.05, 0) is 30.2 Å². The number of fused-ring (bicyclic) bond motifs is 1. The molecule has 0 atom stereocenters. The van der Waals surface area contributed by atoms with Gasteiger partial charge in [0.25, 0.3) is 11.3 Å². The van der Waals surface area contributed by atoms with Crippen LogP contribution in [0.1, 0.15) is 16.8 Å². The molecule has 142 valence electrons. The number of aromatic nitrogens is 4. The minimum absolute atomic E-state index is 0.218. The molecule has 0 saturated carbocycles. The fourth-order valence-corrected chi connectivity index (χ4v) is 3.08. The zero-order valence-electron chi connectivity index (χ0n) is 15.2. The van der Waals surface area contributed by atoms with E-state index in [4.69, 9.17) is 11.6 Å². The van der Waals surface area contributed by atoms with Crippen molar-refractivity contribution in [2.75, 3.05) is 10.6 Å². The van der Waals surface area contributed by atoms with E-state index in [1.54, 1.807) is 0 Å². The molecule has 28 heavy (non-hydrogen) atoms. The smallest absolute Gasteiger partial charge is 0.274 e. The van der Waals surface area contributed by atoms with E-state index in [2.05, 4.69) is 25.7 Å². The highest BCUT2D eigenvalue weighted by atomic mass is 35.5. The van der Waals surface area contributed by atoms with Crippen LogP contribution in [0.4, 0.5) is 11.6 Å². The van der Waals surface area contributed by atoms with Crippen molar-refractivity contribution in [3.63, 3.8) is 0 Å². The van der Waals surface area contributed by atoms with Gasteiger partial charge in [0.2, 0.25) is 5.95 Å². The molecule has 0 fully saturated rings. The SMILES string of the molecule is Cc1ccccc1NCc1cc(=O)n2[nH]c(NCc3ccccc3Cl)nc2n1. The van der Waals surface area contributed by atoms with Crippen LogP contribution in [0.5, 0.6) is 0 Å². The maximum atomic E-state index is 12.4. The summed E-state index contributed by atoms with van der Waals surface area (Å²) < 4.78 is 1.31. The van der Waals surface area contributed by atoms with Gasteiger partial charge in [0, 0.05) is 23.3 Å². The third kappa shape index (κ3) is 3.84. The molecule has 2 aromatic heterocycles. The number of H-pyrrole nitrogens is 1. The van der Waals surface area contributed by atoms with Crippen molar-refractivity contribution in [1.29, 1.82) is 0 Å². The van der Waals surface area contributed by atoms with Gasteiger partial charge in [-0.15, -0.1) is 0 Å². The number of nitrogens with zero attached hydrogens (tertiary/aromatic N) is 3. The van der Waals surface area contributed by atoms with Gasteiger partial charge >= 0.3 is 0 Å². The van der Waals surface area contributed by atoms with Crippen LogP contribution in [-0.2, 0) is 13.1 Å². The van der Waals surface area contributed by atoms with Crippen LogP contribution in [0.2, 0.25) is 5.02 Å². The molecular weight excluding hydrogens is 376 g/mol. The molecule has 2 aromatic carbocycles. The van der Waals surface area contributed by atoms with Crippen molar-refractivity contribution in [2.24, 2.45) is 0 Å². The van der Waals surface area contributed by atoms with Crippen molar-refractivity contribution in [2.45, 2.75) is 20.0 Å². The first kappa shape index (κ1) is 18.1. The highest BCUT2D eigenvalue weighted by Crippen LogP contribution is 2.16. The van der Waals surface area contributed by atoms with Crippen LogP contribution in [0, 0.1) is 6.92 Å². The highest BCUT2D eigenvalue weighted by molar-refractivity contribution is 6.31. The van der Waals surface area contributed by atoms with E-state index in [0.29, 0.717) is 35.5 Å². The number of aromatic amines is 1. The number of hydrogen-bond donors (Lipinski definition) is 3. The van der Waals surface area contributed by atoms with Crippen molar-refractivity contribution < 1.29 is 0 Å². The van der Waals surface area contributed by atoms with Crippen molar-refractivity contribution >= 4 is 29.0 Å². The van der Waals surface area contributed by atoms with Gasteiger partial charge in [-0.25, -0.2) is 4.98 Å². The molecule has 8 heteroatoms. The summed E-state index contributed by atoms with van der Waals surface area (Å²) >= 11 is 6.17. The lowest BCUT2D eigenvalue weighted by Crippen LogP contribution is -2.17. The molecule has 2 heterocycles. The number of hydrogen-bond acceptors (Lipinski definition) is 5. The summed E-state index contributed by atoms with van der Waals surface area (Å²) in [7, 11) is 0. The number of benzene rings is 2. The fraction of sp³-hybridized carbons (Fsp3) is 0.150. The number of rotatable bonds is 6. The van der Waals surface area contributed by atoms with E-state index in [1.165, 1.54) is 10.6 Å². The van der Waals surface area contributed by atoms with E-state index in [1.807, 2.05) is 55.5 Å². The maximum absolute atomic E-state index is 12.4. The summed E-state index contributed by atoms with van der Waals surface area (Å²) in [6, 6.07) is 17.0. The molecule has 0 aliphatic heterocycles. The fourth-order valence-electron chi connectivity index (χ4n) is 2.87. The van der Waals surface area contributed by atoms with Crippen molar-refractivity contribution in [1.82, 2.24) is 19.6 Å². The van der Waals surface area contributed by atoms with Gasteiger partial charge in [0.05, 0.1) is 12.2 Å². The maximum Gasteiger partial charge on any atom is 0.274 e. The largest absolute Gasteiger partial charge is 0.379 e. The second kappa shape index (κ2) is 7.74.